The Balaban J connectivity index is 1.61. The van der Waals surface area contributed by atoms with E-state index < -0.39 is 0 Å². The Morgan fingerprint density at radius 3 is 2.67 bits per heavy atom. The van der Waals surface area contributed by atoms with E-state index in [0.717, 1.165) is 25.7 Å². The van der Waals surface area contributed by atoms with E-state index in [1.165, 1.54) is 6.42 Å². The molecule has 1 spiro atoms. The van der Waals surface area contributed by atoms with Crippen LogP contribution in [0.3, 0.4) is 0 Å². The van der Waals surface area contributed by atoms with Crippen molar-refractivity contribution < 1.29 is 4.79 Å². The Labute approximate surface area is 123 Å². The average molecular weight is 287 g/mol. The van der Waals surface area contributed by atoms with Crippen molar-refractivity contribution in [3.8, 4) is 0 Å². The Kier molecular flexibility index (Phi) is 2.76. The molecule has 1 saturated heterocycles. The molecular weight excluding hydrogens is 266 g/mol. The van der Waals surface area contributed by atoms with Gasteiger partial charge < -0.3 is 15.2 Å². The van der Waals surface area contributed by atoms with Gasteiger partial charge in [-0.2, -0.15) is 0 Å². The van der Waals surface area contributed by atoms with Crippen LogP contribution in [-0.4, -0.2) is 34.5 Å². The third-order valence-corrected chi connectivity index (χ3v) is 5.49. The summed E-state index contributed by atoms with van der Waals surface area (Å²) >= 11 is 0. The van der Waals surface area contributed by atoms with E-state index in [0.29, 0.717) is 24.7 Å². The van der Waals surface area contributed by atoms with E-state index in [4.69, 9.17) is 5.73 Å². The summed E-state index contributed by atoms with van der Waals surface area (Å²) in [4.78, 5) is 26.9. The van der Waals surface area contributed by atoms with Gasteiger partial charge in [0.1, 0.15) is 5.56 Å². The van der Waals surface area contributed by atoms with Gasteiger partial charge in [-0.25, -0.2) is 0 Å². The Morgan fingerprint density at radius 2 is 2.10 bits per heavy atom. The lowest BCUT2D eigenvalue weighted by molar-refractivity contribution is 0.0724. The van der Waals surface area contributed by atoms with Crippen molar-refractivity contribution in [1.82, 2.24) is 9.47 Å². The van der Waals surface area contributed by atoms with Crippen LogP contribution in [0.1, 0.15) is 48.5 Å². The number of carbonyl (C=O) groups excluding carboxylic acids is 1. The second-order valence-corrected chi connectivity index (χ2v) is 6.87. The smallest absolute Gasteiger partial charge is 0.263 e. The number of nitrogens with zero attached hydrogens (tertiary/aromatic N) is 2. The van der Waals surface area contributed by atoms with Crippen molar-refractivity contribution in [2.45, 2.75) is 44.2 Å². The van der Waals surface area contributed by atoms with Crippen molar-refractivity contribution >= 4 is 5.91 Å². The Bertz CT molecular complexity index is 643. The highest BCUT2D eigenvalue weighted by Gasteiger charge is 2.50. The predicted octanol–water partition coefficient (Wildman–Crippen LogP) is 1.14. The Hall–Kier alpha value is -1.62. The minimum Gasteiger partial charge on any atom is -0.336 e. The van der Waals surface area contributed by atoms with Crippen molar-refractivity contribution in [2.75, 3.05) is 13.1 Å². The average Bonchev–Trinajstić information content (AvgIpc) is 3.19. The molecule has 1 atom stereocenters. The van der Waals surface area contributed by atoms with Gasteiger partial charge in [0.05, 0.1) is 0 Å². The third kappa shape index (κ3) is 1.94. The number of nitrogens with two attached hydrogens (primary N) is 1. The maximum atomic E-state index is 12.7. The summed E-state index contributed by atoms with van der Waals surface area (Å²) < 4.78 is 1.71. The summed E-state index contributed by atoms with van der Waals surface area (Å²) in [6.45, 7) is 1.29. The fourth-order valence-electron chi connectivity index (χ4n) is 3.79. The molecule has 1 aliphatic heterocycles. The van der Waals surface area contributed by atoms with Crippen molar-refractivity contribution in [1.29, 1.82) is 0 Å². The first-order chi connectivity index (χ1) is 10.1. The zero-order valence-corrected chi connectivity index (χ0v) is 12.1. The molecule has 21 heavy (non-hydrogen) atoms. The predicted molar refractivity (Wildman–Crippen MR) is 79.1 cm³/mol. The molecule has 2 saturated carbocycles. The highest BCUT2D eigenvalue weighted by atomic mass is 16.2. The van der Waals surface area contributed by atoms with Crippen LogP contribution in [-0.2, 0) is 0 Å². The molecule has 0 aromatic carbocycles. The zero-order chi connectivity index (χ0) is 14.6. The maximum absolute atomic E-state index is 12.7. The van der Waals surface area contributed by atoms with E-state index in [9.17, 15) is 9.59 Å². The van der Waals surface area contributed by atoms with Crippen LogP contribution in [0.15, 0.2) is 23.1 Å². The quantitative estimate of drug-likeness (QED) is 0.887. The molecule has 5 nitrogen and oxygen atoms in total. The number of aromatic nitrogens is 1. The fraction of sp³-hybridized carbons (Fsp3) is 0.625. The van der Waals surface area contributed by atoms with E-state index in [1.807, 2.05) is 6.07 Å². The second kappa shape index (κ2) is 4.44. The van der Waals surface area contributed by atoms with Gasteiger partial charge in [0.25, 0.3) is 11.5 Å². The number of likely N-dealkylation sites (tertiary alicyclic amines) is 1. The van der Waals surface area contributed by atoms with E-state index in [1.54, 1.807) is 21.7 Å². The van der Waals surface area contributed by atoms with Crippen LogP contribution in [0.5, 0.6) is 0 Å². The molecule has 2 aliphatic carbocycles. The molecule has 3 aliphatic rings. The minimum atomic E-state index is -0.145. The normalized spacial score (nSPS) is 26.9. The molecule has 5 heteroatoms. The molecule has 1 amide bonds. The van der Waals surface area contributed by atoms with Gasteiger partial charge in [0, 0.05) is 36.8 Å². The van der Waals surface area contributed by atoms with Gasteiger partial charge in [0.2, 0.25) is 0 Å². The number of amides is 1. The Morgan fingerprint density at radius 1 is 1.33 bits per heavy atom. The molecule has 2 heterocycles. The lowest BCUT2D eigenvalue weighted by Crippen LogP contribution is -2.45. The number of hydrogen-bond donors (Lipinski definition) is 1. The molecule has 0 radical (unpaired) electrons. The molecule has 1 aromatic rings. The summed E-state index contributed by atoms with van der Waals surface area (Å²) in [6, 6.07) is 3.82. The summed E-state index contributed by atoms with van der Waals surface area (Å²) in [6.07, 6.45) is 7.29. The van der Waals surface area contributed by atoms with Crippen LogP contribution in [0, 0.1) is 5.41 Å². The number of hydrogen-bond acceptors (Lipinski definition) is 3. The van der Waals surface area contributed by atoms with Gasteiger partial charge in [-0.3, -0.25) is 9.59 Å². The van der Waals surface area contributed by atoms with Crippen molar-refractivity contribution in [3.63, 3.8) is 0 Å². The second-order valence-electron chi connectivity index (χ2n) is 6.87. The minimum absolute atomic E-state index is 0.0598. The summed E-state index contributed by atoms with van der Waals surface area (Å²) in [5.74, 6) is -0.144. The number of rotatable bonds is 2. The third-order valence-electron chi connectivity index (χ3n) is 5.49. The number of pyridine rings is 1. The molecule has 0 bridgehead atoms. The monoisotopic (exact) mass is 287 g/mol. The first-order valence-electron chi connectivity index (χ1n) is 7.87. The fourth-order valence-corrected chi connectivity index (χ4v) is 3.79. The van der Waals surface area contributed by atoms with Crippen LogP contribution >= 0.6 is 0 Å². The van der Waals surface area contributed by atoms with Crippen molar-refractivity contribution in [3.05, 3.63) is 34.2 Å². The molecular formula is C16H21N3O2. The molecule has 112 valence electrons. The van der Waals surface area contributed by atoms with E-state index in [2.05, 4.69) is 0 Å². The lowest BCUT2D eigenvalue weighted by atomic mass is 9.66. The SMILES string of the molecule is NC1CN(C(=O)c2cccn(C3CC3)c2=O)CC12CCC2. The first kappa shape index (κ1) is 13.1. The highest BCUT2D eigenvalue weighted by molar-refractivity contribution is 5.94. The summed E-state index contributed by atoms with van der Waals surface area (Å²) in [5, 5.41) is 0. The van der Waals surface area contributed by atoms with Gasteiger partial charge >= 0.3 is 0 Å². The van der Waals surface area contributed by atoms with Crippen LogP contribution in [0.25, 0.3) is 0 Å². The van der Waals surface area contributed by atoms with Crippen LogP contribution < -0.4 is 11.3 Å². The lowest BCUT2D eigenvalue weighted by Gasteiger charge is -2.41. The first-order valence-corrected chi connectivity index (χ1v) is 7.87. The standard InChI is InChI=1S/C16H21N3O2/c17-13-9-18(10-16(13)6-2-7-16)14(20)12-3-1-8-19(15(12)21)11-4-5-11/h1,3,8,11,13H,2,4-7,9-10,17H2. The van der Waals surface area contributed by atoms with E-state index in [-0.39, 0.29) is 22.9 Å². The molecule has 3 fully saturated rings. The summed E-state index contributed by atoms with van der Waals surface area (Å²) in [7, 11) is 0. The molecule has 1 unspecified atom stereocenters. The van der Waals surface area contributed by atoms with Gasteiger partial charge in [-0.1, -0.05) is 6.42 Å². The largest absolute Gasteiger partial charge is 0.336 e. The maximum Gasteiger partial charge on any atom is 0.263 e. The van der Waals surface area contributed by atoms with Gasteiger partial charge in [-0.15, -0.1) is 0 Å². The topological polar surface area (TPSA) is 68.3 Å². The summed E-state index contributed by atoms with van der Waals surface area (Å²) in [5.41, 5.74) is 6.51. The van der Waals surface area contributed by atoms with Crippen molar-refractivity contribution in [2.24, 2.45) is 11.1 Å². The molecule has 4 rings (SSSR count). The van der Waals surface area contributed by atoms with Gasteiger partial charge in [0.15, 0.2) is 0 Å². The number of carbonyl (C=O) groups is 1. The zero-order valence-electron chi connectivity index (χ0n) is 12.1. The van der Waals surface area contributed by atoms with Crippen LogP contribution in [0.2, 0.25) is 0 Å². The van der Waals surface area contributed by atoms with Gasteiger partial charge in [-0.05, 0) is 37.8 Å². The van der Waals surface area contributed by atoms with E-state index >= 15 is 0 Å². The van der Waals surface area contributed by atoms with Crippen LogP contribution in [0.4, 0.5) is 0 Å². The molecule has 1 aromatic heterocycles. The highest BCUT2D eigenvalue weighted by Crippen LogP contribution is 2.47. The molecule has 2 N–H and O–H groups in total.